The Hall–Kier alpha value is -1.88. The van der Waals surface area contributed by atoms with Gasteiger partial charge in [-0.05, 0) is 29.9 Å². The Balaban J connectivity index is 1.66. The number of ether oxygens (including phenoxy) is 1. The van der Waals surface area contributed by atoms with Gasteiger partial charge in [0.25, 0.3) is 0 Å². The number of benzene rings is 1. The zero-order valence-corrected chi connectivity index (χ0v) is 12.5. The Kier molecular flexibility index (Phi) is 4.16. The molecule has 1 saturated heterocycles. The first-order valence-electron chi connectivity index (χ1n) is 7.81. The Bertz CT molecular complexity index is 578. The lowest BCUT2D eigenvalue weighted by Crippen LogP contribution is -2.57. The third-order valence-electron chi connectivity index (χ3n) is 4.82. The normalized spacial score (nSPS) is 22.8. The number of hydrogen-bond donors (Lipinski definition) is 2. The summed E-state index contributed by atoms with van der Waals surface area (Å²) in [7, 11) is 0. The van der Waals surface area contributed by atoms with Crippen LogP contribution in [0.4, 0.5) is 0 Å². The number of nitrogens with one attached hydrogen (secondary N) is 1. The molecule has 1 unspecified atom stereocenters. The molecule has 1 atom stereocenters. The van der Waals surface area contributed by atoms with Crippen molar-refractivity contribution in [2.45, 2.75) is 43.6 Å². The first-order valence-corrected chi connectivity index (χ1v) is 7.81. The zero-order valence-electron chi connectivity index (χ0n) is 12.5. The molecule has 118 valence electrons. The molecular formula is C17H21NO4. The summed E-state index contributed by atoms with van der Waals surface area (Å²) in [6, 6.07) is 8.18. The number of carbonyl (C=O) groups excluding carboxylic acids is 1. The maximum Gasteiger partial charge on any atom is 0.329 e. The average molecular weight is 303 g/mol. The largest absolute Gasteiger partial charge is 0.480 e. The fraction of sp³-hybridized carbons (Fsp3) is 0.529. The summed E-state index contributed by atoms with van der Waals surface area (Å²) >= 11 is 0. The van der Waals surface area contributed by atoms with Crippen LogP contribution < -0.4 is 5.32 Å². The maximum absolute atomic E-state index is 12.4. The molecular weight excluding hydrogens is 282 g/mol. The third-order valence-corrected chi connectivity index (χ3v) is 4.82. The summed E-state index contributed by atoms with van der Waals surface area (Å²) in [5.41, 5.74) is 1.38. The number of amides is 1. The van der Waals surface area contributed by atoms with Crippen molar-refractivity contribution in [1.82, 2.24) is 5.32 Å². The van der Waals surface area contributed by atoms with Crippen molar-refractivity contribution in [3.05, 3.63) is 35.4 Å². The second-order valence-corrected chi connectivity index (χ2v) is 6.19. The van der Waals surface area contributed by atoms with Crippen molar-refractivity contribution in [3.63, 3.8) is 0 Å². The average Bonchev–Trinajstić information content (AvgIpc) is 2.91. The van der Waals surface area contributed by atoms with E-state index in [1.165, 1.54) is 11.1 Å². The lowest BCUT2D eigenvalue weighted by molar-refractivity contribution is -0.152. The van der Waals surface area contributed by atoms with Crippen LogP contribution >= 0.6 is 0 Å². The molecule has 2 N–H and O–H groups in total. The Morgan fingerprint density at radius 2 is 2.00 bits per heavy atom. The topological polar surface area (TPSA) is 75.6 Å². The number of hydrogen-bond acceptors (Lipinski definition) is 3. The van der Waals surface area contributed by atoms with Crippen LogP contribution in [0.25, 0.3) is 0 Å². The molecule has 5 heteroatoms. The van der Waals surface area contributed by atoms with Crippen molar-refractivity contribution in [1.29, 1.82) is 0 Å². The molecule has 1 amide bonds. The summed E-state index contributed by atoms with van der Waals surface area (Å²) in [5.74, 6) is -0.941. The van der Waals surface area contributed by atoms with Gasteiger partial charge in [0.1, 0.15) is 5.54 Å². The van der Waals surface area contributed by atoms with Crippen LogP contribution in [0.5, 0.6) is 0 Å². The van der Waals surface area contributed by atoms with Crippen LogP contribution in [-0.2, 0) is 20.7 Å². The van der Waals surface area contributed by atoms with Gasteiger partial charge in [0, 0.05) is 32.5 Å². The maximum atomic E-state index is 12.4. The van der Waals surface area contributed by atoms with Gasteiger partial charge in [-0.1, -0.05) is 24.3 Å². The molecule has 22 heavy (non-hydrogen) atoms. The smallest absolute Gasteiger partial charge is 0.329 e. The molecule has 1 aromatic carbocycles. The molecule has 0 spiro atoms. The first kappa shape index (κ1) is 15.0. The molecule has 0 bridgehead atoms. The van der Waals surface area contributed by atoms with Crippen LogP contribution in [0.15, 0.2) is 24.3 Å². The molecule has 5 nitrogen and oxygen atoms in total. The van der Waals surface area contributed by atoms with Crippen LogP contribution in [0.2, 0.25) is 0 Å². The quantitative estimate of drug-likeness (QED) is 0.890. The molecule has 1 heterocycles. The molecule has 0 saturated carbocycles. The molecule has 1 fully saturated rings. The minimum atomic E-state index is -1.16. The van der Waals surface area contributed by atoms with E-state index in [4.69, 9.17) is 4.74 Å². The standard InChI is InChI=1S/C17H21NO4/c19-15(18-17(16(20)21)7-9-22-10-8-17)11-13-6-5-12-3-1-2-4-14(12)13/h1-4,13H,5-11H2,(H,18,19)(H,20,21). The van der Waals surface area contributed by atoms with Gasteiger partial charge >= 0.3 is 5.97 Å². The predicted octanol–water partition coefficient (Wildman–Crippen LogP) is 1.86. The number of carboxylic acids is 1. The van der Waals surface area contributed by atoms with Crippen LogP contribution in [0.1, 0.15) is 42.7 Å². The highest BCUT2D eigenvalue weighted by Gasteiger charge is 2.42. The molecule has 0 radical (unpaired) electrons. The van der Waals surface area contributed by atoms with Gasteiger partial charge in [-0.3, -0.25) is 4.79 Å². The van der Waals surface area contributed by atoms with Crippen molar-refractivity contribution in [2.24, 2.45) is 0 Å². The minimum Gasteiger partial charge on any atom is -0.480 e. The van der Waals surface area contributed by atoms with E-state index >= 15 is 0 Å². The van der Waals surface area contributed by atoms with E-state index in [9.17, 15) is 14.7 Å². The number of aryl methyl sites for hydroxylation is 1. The highest BCUT2D eigenvalue weighted by atomic mass is 16.5. The van der Waals surface area contributed by atoms with E-state index in [-0.39, 0.29) is 11.8 Å². The van der Waals surface area contributed by atoms with E-state index in [1.807, 2.05) is 12.1 Å². The SMILES string of the molecule is O=C(CC1CCc2ccccc21)NC1(C(=O)O)CCOCC1. The van der Waals surface area contributed by atoms with Crippen LogP contribution in [0.3, 0.4) is 0 Å². The summed E-state index contributed by atoms with van der Waals surface area (Å²) in [6.07, 6.45) is 2.96. The molecule has 3 rings (SSSR count). The third kappa shape index (κ3) is 2.86. The zero-order chi connectivity index (χ0) is 15.6. The highest BCUT2D eigenvalue weighted by molar-refractivity contribution is 5.87. The van der Waals surface area contributed by atoms with Crippen LogP contribution in [-0.4, -0.2) is 35.7 Å². The van der Waals surface area contributed by atoms with E-state index in [1.54, 1.807) is 0 Å². The minimum absolute atomic E-state index is 0.175. The summed E-state index contributed by atoms with van der Waals surface area (Å²) < 4.78 is 5.22. The molecule has 1 aliphatic heterocycles. The van der Waals surface area contributed by atoms with Gasteiger partial charge in [-0.25, -0.2) is 4.79 Å². The predicted molar refractivity (Wildman–Crippen MR) is 80.7 cm³/mol. The van der Waals surface area contributed by atoms with Gasteiger partial charge < -0.3 is 15.2 Å². The molecule has 0 aromatic heterocycles. The number of carbonyl (C=O) groups is 2. The Morgan fingerprint density at radius 3 is 2.73 bits per heavy atom. The Labute approximate surface area is 129 Å². The van der Waals surface area contributed by atoms with Gasteiger partial charge in [-0.15, -0.1) is 0 Å². The van der Waals surface area contributed by atoms with Crippen molar-refractivity contribution < 1.29 is 19.4 Å². The molecule has 1 aromatic rings. The Morgan fingerprint density at radius 1 is 1.27 bits per heavy atom. The number of fused-ring (bicyclic) bond motifs is 1. The van der Waals surface area contributed by atoms with Gasteiger partial charge in [0.2, 0.25) is 5.91 Å². The second kappa shape index (κ2) is 6.08. The lowest BCUT2D eigenvalue weighted by atomic mass is 9.89. The van der Waals surface area contributed by atoms with E-state index in [2.05, 4.69) is 17.4 Å². The van der Waals surface area contributed by atoms with Crippen molar-refractivity contribution in [3.8, 4) is 0 Å². The van der Waals surface area contributed by atoms with E-state index in [0.717, 1.165) is 12.8 Å². The van der Waals surface area contributed by atoms with E-state index in [0.29, 0.717) is 32.5 Å². The number of carboxylic acid groups (broad SMARTS) is 1. The van der Waals surface area contributed by atoms with E-state index < -0.39 is 11.5 Å². The number of aliphatic carboxylic acids is 1. The lowest BCUT2D eigenvalue weighted by Gasteiger charge is -2.34. The second-order valence-electron chi connectivity index (χ2n) is 6.19. The monoisotopic (exact) mass is 303 g/mol. The highest BCUT2D eigenvalue weighted by Crippen LogP contribution is 2.35. The fourth-order valence-electron chi connectivity index (χ4n) is 3.51. The van der Waals surface area contributed by atoms with Gasteiger partial charge in [0.15, 0.2) is 0 Å². The van der Waals surface area contributed by atoms with Gasteiger partial charge in [0.05, 0.1) is 0 Å². The summed E-state index contributed by atoms with van der Waals surface area (Å²) in [6.45, 7) is 0.748. The summed E-state index contributed by atoms with van der Waals surface area (Å²) in [5, 5.41) is 12.3. The molecule has 1 aliphatic carbocycles. The van der Waals surface area contributed by atoms with Crippen LogP contribution in [0, 0.1) is 0 Å². The molecule has 2 aliphatic rings. The van der Waals surface area contributed by atoms with Gasteiger partial charge in [-0.2, -0.15) is 0 Å². The number of rotatable bonds is 4. The van der Waals surface area contributed by atoms with Crippen molar-refractivity contribution in [2.75, 3.05) is 13.2 Å². The first-order chi connectivity index (χ1) is 10.6. The fourth-order valence-corrected chi connectivity index (χ4v) is 3.51. The summed E-state index contributed by atoms with van der Waals surface area (Å²) in [4.78, 5) is 23.9. The van der Waals surface area contributed by atoms with Crippen molar-refractivity contribution >= 4 is 11.9 Å².